The molecule has 0 bridgehead atoms. The van der Waals surface area contributed by atoms with E-state index in [1.807, 2.05) is 18.2 Å². The van der Waals surface area contributed by atoms with E-state index in [2.05, 4.69) is 5.32 Å². The number of halogens is 1. The van der Waals surface area contributed by atoms with E-state index in [0.717, 1.165) is 12.2 Å². The lowest BCUT2D eigenvalue weighted by atomic mass is 9.84. The third kappa shape index (κ3) is 3.09. The van der Waals surface area contributed by atoms with Crippen molar-refractivity contribution in [3.63, 3.8) is 0 Å². The van der Waals surface area contributed by atoms with Crippen LogP contribution in [0.2, 0.25) is 5.02 Å². The van der Waals surface area contributed by atoms with Crippen LogP contribution in [-0.2, 0) is 0 Å². The number of ether oxygens (including phenoxy) is 1. The fraction of sp³-hybridized carbons (Fsp3) is 0.571. The molecule has 3 N–H and O–H groups in total. The maximum atomic E-state index is 6.13. The Morgan fingerprint density at radius 3 is 2.83 bits per heavy atom. The number of hydrogen-bond donors (Lipinski definition) is 2. The maximum Gasteiger partial charge on any atom is 0.137 e. The molecule has 1 fully saturated rings. The minimum absolute atomic E-state index is 0.466. The minimum atomic E-state index is 0.466. The largest absolute Gasteiger partial charge is 0.495 e. The molecule has 0 spiro atoms. The summed E-state index contributed by atoms with van der Waals surface area (Å²) in [7, 11) is 1.62. The highest BCUT2D eigenvalue weighted by Gasteiger charge is 2.23. The Labute approximate surface area is 114 Å². The molecule has 1 aliphatic carbocycles. The van der Waals surface area contributed by atoms with Crippen LogP contribution in [0, 0.1) is 5.92 Å². The summed E-state index contributed by atoms with van der Waals surface area (Å²) in [6, 6.07) is 6.29. The quantitative estimate of drug-likeness (QED) is 0.881. The van der Waals surface area contributed by atoms with E-state index in [0.29, 0.717) is 22.7 Å². The third-order valence-corrected chi connectivity index (χ3v) is 4.01. The van der Waals surface area contributed by atoms with E-state index in [-0.39, 0.29) is 0 Å². The molecule has 0 aliphatic heterocycles. The van der Waals surface area contributed by atoms with Crippen molar-refractivity contribution in [2.75, 3.05) is 19.0 Å². The highest BCUT2D eigenvalue weighted by molar-refractivity contribution is 6.32. The molecule has 0 saturated heterocycles. The van der Waals surface area contributed by atoms with Gasteiger partial charge in [-0.1, -0.05) is 24.4 Å². The molecule has 2 atom stereocenters. The zero-order chi connectivity index (χ0) is 13.0. The maximum absolute atomic E-state index is 6.13. The molecule has 2 rings (SSSR count). The van der Waals surface area contributed by atoms with Crippen molar-refractivity contribution in [3.05, 3.63) is 23.2 Å². The van der Waals surface area contributed by atoms with Crippen molar-refractivity contribution in [1.82, 2.24) is 0 Å². The van der Waals surface area contributed by atoms with Gasteiger partial charge in [-0.2, -0.15) is 0 Å². The molecule has 1 aromatic rings. The molecule has 1 saturated carbocycles. The molecule has 18 heavy (non-hydrogen) atoms. The summed E-state index contributed by atoms with van der Waals surface area (Å²) in [6.45, 7) is 0.752. The lowest BCUT2D eigenvalue weighted by Gasteiger charge is -2.32. The molecule has 3 nitrogen and oxygen atoms in total. The van der Waals surface area contributed by atoms with Crippen molar-refractivity contribution in [2.45, 2.75) is 31.7 Å². The van der Waals surface area contributed by atoms with Gasteiger partial charge in [-0.3, -0.25) is 0 Å². The zero-order valence-corrected chi connectivity index (χ0v) is 11.5. The van der Waals surface area contributed by atoms with Crippen LogP contribution < -0.4 is 15.8 Å². The Hall–Kier alpha value is -0.930. The molecule has 4 heteroatoms. The second-order valence-corrected chi connectivity index (χ2v) is 5.29. The predicted octanol–water partition coefficient (Wildman–Crippen LogP) is 3.28. The molecule has 2 unspecified atom stereocenters. The Bertz CT molecular complexity index is 397. The fourth-order valence-electron chi connectivity index (χ4n) is 2.65. The summed E-state index contributed by atoms with van der Waals surface area (Å²) < 4.78 is 5.15. The molecule has 1 aromatic carbocycles. The highest BCUT2D eigenvalue weighted by Crippen LogP contribution is 2.30. The van der Waals surface area contributed by atoms with E-state index >= 15 is 0 Å². The lowest BCUT2D eigenvalue weighted by molar-refractivity contribution is 0.332. The average molecular weight is 269 g/mol. The van der Waals surface area contributed by atoms with E-state index < -0.39 is 0 Å². The van der Waals surface area contributed by atoms with E-state index in [9.17, 15) is 0 Å². The number of nitrogens with one attached hydrogen (secondary N) is 1. The first-order valence-electron chi connectivity index (χ1n) is 6.54. The molecule has 0 aromatic heterocycles. The van der Waals surface area contributed by atoms with Gasteiger partial charge in [0, 0.05) is 11.7 Å². The van der Waals surface area contributed by atoms with Crippen molar-refractivity contribution in [1.29, 1.82) is 0 Å². The van der Waals surface area contributed by atoms with Gasteiger partial charge in [0.15, 0.2) is 0 Å². The summed E-state index contributed by atoms with van der Waals surface area (Å²) >= 11 is 6.13. The predicted molar refractivity (Wildman–Crippen MR) is 76.4 cm³/mol. The Morgan fingerprint density at radius 1 is 1.39 bits per heavy atom. The second-order valence-electron chi connectivity index (χ2n) is 4.88. The van der Waals surface area contributed by atoms with Crippen LogP contribution >= 0.6 is 11.6 Å². The van der Waals surface area contributed by atoms with Gasteiger partial charge in [0.2, 0.25) is 0 Å². The van der Waals surface area contributed by atoms with E-state index in [1.54, 1.807) is 7.11 Å². The van der Waals surface area contributed by atoms with E-state index in [4.69, 9.17) is 22.1 Å². The van der Waals surface area contributed by atoms with Crippen LogP contribution in [0.3, 0.4) is 0 Å². The number of methoxy groups -OCH3 is 1. The number of anilines is 1. The average Bonchev–Trinajstić information content (AvgIpc) is 2.39. The molecule has 1 aliphatic rings. The van der Waals surface area contributed by atoms with Gasteiger partial charge in [-0.15, -0.1) is 0 Å². The summed E-state index contributed by atoms with van der Waals surface area (Å²) in [5.41, 5.74) is 6.88. The molecule has 0 amide bonds. The SMILES string of the molecule is COc1ccc(NC2CCCCC2CN)cc1Cl. The van der Waals surface area contributed by atoms with Crippen molar-refractivity contribution < 1.29 is 4.74 Å². The van der Waals surface area contributed by atoms with Gasteiger partial charge in [0.25, 0.3) is 0 Å². The number of rotatable bonds is 4. The van der Waals surface area contributed by atoms with Crippen LogP contribution in [-0.4, -0.2) is 19.7 Å². The monoisotopic (exact) mass is 268 g/mol. The standard InChI is InChI=1S/C14H21ClN2O/c1-18-14-7-6-11(8-12(14)15)17-13-5-3-2-4-10(13)9-16/h6-8,10,13,17H,2-5,9,16H2,1H3. The van der Waals surface area contributed by atoms with Gasteiger partial charge in [-0.25, -0.2) is 0 Å². The molecule has 0 heterocycles. The lowest BCUT2D eigenvalue weighted by Crippen LogP contribution is -2.36. The Balaban J connectivity index is 2.05. The summed E-state index contributed by atoms with van der Waals surface area (Å²) in [4.78, 5) is 0. The molecule has 0 radical (unpaired) electrons. The van der Waals surface area contributed by atoms with Gasteiger partial charge >= 0.3 is 0 Å². The van der Waals surface area contributed by atoms with Crippen LogP contribution in [0.1, 0.15) is 25.7 Å². The first-order chi connectivity index (χ1) is 8.74. The first kappa shape index (κ1) is 13.5. The van der Waals surface area contributed by atoms with Crippen LogP contribution in [0.15, 0.2) is 18.2 Å². The van der Waals surface area contributed by atoms with Crippen LogP contribution in [0.4, 0.5) is 5.69 Å². The van der Waals surface area contributed by atoms with Gasteiger partial charge in [0.05, 0.1) is 12.1 Å². The van der Waals surface area contributed by atoms with Gasteiger partial charge in [0.1, 0.15) is 5.75 Å². The molecular weight excluding hydrogens is 248 g/mol. The zero-order valence-electron chi connectivity index (χ0n) is 10.8. The van der Waals surface area contributed by atoms with Gasteiger partial charge < -0.3 is 15.8 Å². The Kier molecular flexibility index (Phi) is 4.72. The van der Waals surface area contributed by atoms with Crippen LogP contribution in [0.25, 0.3) is 0 Å². The minimum Gasteiger partial charge on any atom is -0.495 e. The molecule has 100 valence electrons. The normalized spacial score (nSPS) is 23.7. The summed E-state index contributed by atoms with van der Waals surface area (Å²) in [5, 5.41) is 4.20. The summed E-state index contributed by atoms with van der Waals surface area (Å²) in [5.74, 6) is 1.28. The first-order valence-corrected chi connectivity index (χ1v) is 6.92. The number of hydrogen-bond acceptors (Lipinski definition) is 3. The van der Waals surface area contributed by atoms with Crippen LogP contribution in [0.5, 0.6) is 5.75 Å². The second kappa shape index (κ2) is 6.30. The van der Waals surface area contributed by atoms with Gasteiger partial charge in [-0.05, 0) is 43.5 Å². The third-order valence-electron chi connectivity index (χ3n) is 3.72. The Morgan fingerprint density at radius 2 is 2.17 bits per heavy atom. The highest BCUT2D eigenvalue weighted by atomic mass is 35.5. The van der Waals surface area contributed by atoms with E-state index in [1.165, 1.54) is 25.7 Å². The fourth-order valence-corrected chi connectivity index (χ4v) is 2.91. The smallest absolute Gasteiger partial charge is 0.137 e. The molecular formula is C14H21ClN2O. The van der Waals surface area contributed by atoms with Crippen molar-refractivity contribution in [2.24, 2.45) is 11.7 Å². The summed E-state index contributed by atoms with van der Waals surface area (Å²) in [6.07, 6.45) is 4.98. The number of benzene rings is 1. The number of nitrogens with two attached hydrogens (primary N) is 1. The topological polar surface area (TPSA) is 47.3 Å². The van der Waals surface area contributed by atoms with Crippen molar-refractivity contribution >= 4 is 17.3 Å². The van der Waals surface area contributed by atoms with Crippen molar-refractivity contribution in [3.8, 4) is 5.75 Å².